The van der Waals surface area contributed by atoms with Gasteiger partial charge in [-0.05, 0) is 12.1 Å². The zero-order chi connectivity index (χ0) is 15.4. The first-order chi connectivity index (χ1) is 10.1. The van der Waals surface area contributed by atoms with Gasteiger partial charge in [-0.15, -0.1) is 0 Å². The summed E-state index contributed by atoms with van der Waals surface area (Å²) in [6, 6.07) is 3.12. The van der Waals surface area contributed by atoms with E-state index in [9.17, 15) is 9.90 Å². The van der Waals surface area contributed by atoms with Crippen LogP contribution in [-0.4, -0.2) is 63.2 Å². The van der Waals surface area contributed by atoms with Gasteiger partial charge in [-0.25, -0.2) is 0 Å². The third-order valence-electron chi connectivity index (χ3n) is 3.28. The van der Waals surface area contributed by atoms with Gasteiger partial charge >= 0.3 is 0 Å². The topological polar surface area (TPSA) is 77.5 Å². The highest BCUT2D eigenvalue weighted by molar-refractivity contribution is 5.95. The highest BCUT2D eigenvalue weighted by atomic mass is 16.5. The molecule has 2 rings (SSSR count). The van der Waals surface area contributed by atoms with Crippen LogP contribution >= 0.6 is 0 Å². The largest absolute Gasteiger partial charge is 0.493 e. The number of morpholine rings is 1. The maximum absolute atomic E-state index is 12.5. The van der Waals surface area contributed by atoms with E-state index in [0.717, 1.165) is 0 Å². The fourth-order valence-electron chi connectivity index (χ4n) is 2.20. The second kappa shape index (κ2) is 6.64. The fourth-order valence-corrected chi connectivity index (χ4v) is 2.20. The third kappa shape index (κ3) is 3.03. The number of rotatable bonds is 4. The van der Waals surface area contributed by atoms with Crippen molar-refractivity contribution in [2.45, 2.75) is 6.23 Å². The highest BCUT2D eigenvalue weighted by Gasteiger charge is 2.28. The highest BCUT2D eigenvalue weighted by Crippen LogP contribution is 2.38. The molecule has 1 saturated heterocycles. The van der Waals surface area contributed by atoms with E-state index >= 15 is 0 Å². The van der Waals surface area contributed by atoms with Crippen molar-refractivity contribution in [1.29, 1.82) is 0 Å². The molecule has 1 atom stereocenters. The summed E-state index contributed by atoms with van der Waals surface area (Å²) >= 11 is 0. The van der Waals surface area contributed by atoms with Crippen molar-refractivity contribution in [3.63, 3.8) is 0 Å². The Balaban J connectivity index is 2.36. The van der Waals surface area contributed by atoms with Crippen LogP contribution in [-0.2, 0) is 4.74 Å². The van der Waals surface area contributed by atoms with Gasteiger partial charge in [-0.1, -0.05) is 0 Å². The average molecular weight is 297 g/mol. The predicted molar refractivity (Wildman–Crippen MR) is 74.0 cm³/mol. The maximum Gasteiger partial charge on any atom is 0.256 e. The standard InChI is InChI=1S/C14H19NO6/c1-18-10-6-9(7-11(19-2)13(10)20-3)14(17)15-4-5-21-8-12(15)16/h6-7,12,16H,4-5,8H2,1-3H3. The second-order valence-electron chi connectivity index (χ2n) is 4.47. The van der Waals surface area contributed by atoms with Crippen molar-refractivity contribution >= 4 is 5.91 Å². The number of hydrogen-bond donors (Lipinski definition) is 1. The molecule has 7 nitrogen and oxygen atoms in total. The Kier molecular flexibility index (Phi) is 4.87. The van der Waals surface area contributed by atoms with Crippen molar-refractivity contribution in [2.75, 3.05) is 41.1 Å². The number of carbonyl (C=O) groups is 1. The summed E-state index contributed by atoms with van der Waals surface area (Å²) in [6.45, 7) is 0.833. The first kappa shape index (κ1) is 15.4. The number of ether oxygens (including phenoxy) is 4. The minimum atomic E-state index is -0.953. The number of carbonyl (C=O) groups excluding carboxylic acids is 1. The Bertz CT molecular complexity index is 493. The van der Waals surface area contributed by atoms with Crippen LogP contribution in [0.1, 0.15) is 10.4 Å². The summed E-state index contributed by atoms with van der Waals surface area (Å²) in [5.74, 6) is 0.884. The molecule has 0 spiro atoms. The molecule has 1 aliphatic rings. The molecule has 7 heteroatoms. The number of aliphatic hydroxyl groups excluding tert-OH is 1. The van der Waals surface area contributed by atoms with E-state index in [2.05, 4.69) is 0 Å². The normalized spacial score (nSPS) is 18.3. The van der Waals surface area contributed by atoms with E-state index in [-0.39, 0.29) is 12.5 Å². The molecule has 1 N–H and O–H groups in total. The molecule has 0 aromatic heterocycles. The molecule has 1 amide bonds. The van der Waals surface area contributed by atoms with Gasteiger partial charge in [-0.3, -0.25) is 4.79 Å². The quantitative estimate of drug-likeness (QED) is 0.872. The third-order valence-corrected chi connectivity index (χ3v) is 3.28. The lowest BCUT2D eigenvalue weighted by Gasteiger charge is -2.32. The van der Waals surface area contributed by atoms with Gasteiger partial charge in [0.05, 0.1) is 34.5 Å². The Morgan fingerprint density at radius 2 is 1.86 bits per heavy atom. The minimum Gasteiger partial charge on any atom is -0.493 e. The lowest BCUT2D eigenvalue weighted by Crippen LogP contribution is -2.48. The van der Waals surface area contributed by atoms with Crippen LogP contribution in [0, 0.1) is 0 Å². The molecular formula is C14H19NO6. The van der Waals surface area contributed by atoms with Gasteiger partial charge in [0.15, 0.2) is 17.7 Å². The van der Waals surface area contributed by atoms with Crippen molar-refractivity contribution in [3.8, 4) is 17.2 Å². The first-order valence-electron chi connectivity index (χ1n) is 6.49. The SMILES string of the molecule is COc1cc(C(=O)N2CCOCC2O)cc(OC)c1OC. The molecule has 1 aromatic carbocycles. The first-order valence-corrected chi connectivity index (χ1v) is 6.49. The molecule has 116 valence electrons. The number of aliphatic hydroxyl groups is 1. The number of hydrogen-bond acceptors (Lipinski definition) is 6. The zero-order valence-corrected chi connectivity index (χ0v) is 12.3. The average Bonchev–Trinajstić information content (AvgIpc) is 2.53. The molecule has 1 heterocycles. The van der Waals surface area contributed by atoms with Gasteiger partial charge in [-0.2, -0.15) is 0 Å². The molecule has 21 heavy (non-hydrogen) atoms. The van der Waals surface area contributed by atoms with Gasteiger partial charge in [0.2, 0.25) is 5.75 Å². The van der Waals surface area contributed by atoms with E-state index < -0.39 is 6.23 Å². The Morgan fingerprint density at radius 3 is 2.33 bits per heavy atom. The molecule has 1 aromatic rings. The van der Waals surface area contributed by atoms with Crippen LogP contribution in [0.15, 0.2) is 12.1 Å². The summed E-state index contributed by atoms with van der Waals surface area (Å²) in [6.07, 6.45) is -0.953. The van der Waals surface area contributed by atoms with E-state index in [4.69, 9.17) is 18.9 Å². The summed E-state index contributed by atoms with van der Waals surface area (Å²) in [4.78, 5) is 13.9. The summed E-state index contributed by atoms with van der Waals surface area (Å²) in [7, 11) is 4.46. The lowest BCUT2D eigenvalue weighted by atomic mass is 10.1. The van der Waals surface area contributed by atoms with E-state index in [1.165, 1.54) is 26.2 Å². The Hall–Kier alpha value is -1.99. The number of amides is 1. The fraction of sp³-hybridized carbons (Fsp3) is 0.500. The Morgan fingerprint density at radius 1 is 1.24 bits per heavy atom. The monoisotopic (exact) mass is 297 g/mol. The Labute approximate surface area is 123 Å². The van der Waals surface area contributed by atoms with Crippen LogP contribution in [0.25, 0.3) is 0 Å². The molecule has 1 unspecified atom stereocenters. The second-order valence-corrected chi connectivity index (χ2v) is 4.47. The molecule has 0 saturated carbocycles. The number of nitrogens with zero attached hydrogens (tertiary/aromatic N) is 1. The van der Waals surface area contributed by atoms with Crippen molar-refractivity contribution in [2.24, 2.45) is 0 Å². The van der Waals surface area contributed by atoms with Gasteiger partial charge < -0.3 is 29.0 Å². The van der Waals surface area contributed by atoms with Gasteiger partial charge in [0, 0.05) is 12.1 Å². The molecule has 1 fully saturated rings. The summed E-state index contributed by atoms with van der Waals surface area (Å²) in [5.41, 5.74) is 0.352. The predicted octanol–water partition coefficient (Wildman–Crippen LogP) is 0.503. The van der Waals surface area contributed by atoms with Crippen LogP contribution in [0.2, 0.25) is 0 Å². The zero-order valence-electron chi connectivity index (χ0n) is 12.3. The van der Waals surface area contributed by atoms with Gasteiger partial charge in [0.25, 0.3) is 5.91 Å². The summed E-state index contributed by atoms with van der Waals surface area (Å²) < 4.78 is 20.8. The van der Waals surface area contributed by atoms with Gasteiger partial charge in [0.1, 0.15) is 0 Å². The lowest BCUT2D eigenvalue weighted by molar-refractivity contribution is -0.0874. The van der Waals surface area contributed by atoms with Crippen LogP contribution in [0.3, 0.4) is 0 Å². The van der Waals surface area contributed by atoms with Crippen molar-refractivity contribution in [3.05, 3.63) is 17.7 Å². The van der Waals surface area contributed by atoms with Crippen molar-refractivity contribution in [1.82, 2.24) is 4.90 Å². The van der Waals surface area contributed by atoms with Crippen LogP contribution in [0.4, 0.5) is 0 Å². The van der Waals surface area contributed by atoms with Crippen LogP contribution in [0.5, 0.6) is 17.2 Å². The number of benzene rings is 1. The van der Waals surface area contributed by atoms with E-state index in [1.807, 2.05) is 0 Å². The number of methoxy groups -OCH3 is 3. The van der Waals surface area contributed by atoms with Crippen molar-refractivity contribution < 1.29 is 28.8 Å². The molecule has 0 radical (unpaired) electrons. The maximum atomic E-state index is 12.5. The molecular weight excluding hydrogens is 278 g/mol. The van der Waals surface area contributed by atoms with E-state index in [0.29, 0.717) is 36.0 Å². The smallest absolute Gasteiger partial charge is 0.256 e. The van der Waals surface area contributed by atoms with E-state index in [1.54, 1.807) is 12.1 Å². The summed E-state index contributed by atoms with van der Waals surface area (Å²) in [5, 5.41) is 9.85. The minimum absolute atomic E-state index is 0.107. The molecule has 0 bridgehead atoms. The van der Waals surface area contributed by atoms with Crippen LogP contribution < -0.4 is 14.2 Å². The molecule has 0 aliphatic carbocycles. The molecule has 1 aliphatic heterocycles.